The number of carbonyl (C=O) groups is 2. The summed E-state index contributed by atoms with van der Waals surface area (Å²) in [5.41, 5.74) is 5.64. The molecule has 0 bridgehead atoms. The first-order valence-electron chi connectivity index (χ1n) is 7.06. The van der Waals surface area contributed by atoms with Crippen molar-refractivity contribution >= 4 is 11.8 Å². The molecule has 1 saturated heterocycles. The lowest BCUT2D eigenvalue weighted by atomic mass is 10.0. The second-order valence-corrected chi connectivity index (χ2v) is 5.32. The number of carbonyl (C=O) groups excluding carboxylic acids is 2. The van der Waals surface area contributed by atoms with Crippen LogP contribution in [0.4, 0.5) is 4.39 Å². The Labute approximate surface area is 123 Å². The van der Waals surface area contributed by atoms with Crippen LogP contribution in [-0.2, 0) is 4.79 Å². The van der Waals surface area contributed by atoms with E-state index in [0.717, 1.165) is 25.9 Å². The van der Waals surface area contributed by atoms with Crippen LogP contribution in [0.1, 0.15) is 28.8 Å². The number of hydrogen-bond acceptors (Lipinski definition) is 3. The number of nitrogens with one attached hydrogen (secondary N) is 1. The molecule has 21 heavy (non-hydrogen) atoms. The summed E-state index contributed by atoms with van der Waals surface area (Å²) in [5.74, 6) is -1.59. The first kappa shape index (κ1) is 15.4. The fraction of sp³-hybridized carbons (Fsp3) is 0.467. The number of hydrogen-bond donors (Lipinski definition) is 2. The number of rotatable bonds is 4. The molecule has 0 unspecified atom stereocenters. The summed E-state index contributed by atoms with van der Waals surface area (Å²) in [6.45, 7) is 2.96. The lowest BCUT2D eigenvalue weighted by Crippen LogP contribution is -2.49. The molecule has 0 aliphatic carbocycles. The summed E-state index contributed by atoms with van der Waals surface area (Å²) in [5, 5.41) is 3.19. The second-order valence-electron chi connectivity index (χ2n) is 5.32. The van der Waals surface area contributed by atoms with Gasteiger partial charge >= 0.3 is 0 Å². The minimum Gasteiger partial charge on any atom is -0.368 e. The van der Waals surface area contributed by atoms with Crippen molar-refractivity contribution < 1.29 is 14.0 Å². The SMILES string of the molecule is Cc1cccc(C(=O)N(CC(N)=O)C2CCNCC2)c1F. The maximum atomic E-state index is 14.1. The zero-order chi connectivity index (χ0) is 15.4. The molecule has 5 nitrogen and oxygen atoms in total. The number of primary amides is 1. The number of amides is 2. The zero-order valence-electron chi connectivity index (χ0n) is 12.1. The van der Waals surface area contributed by atoms with E-state index in [0.29, 0.717) is 5.56 Å². The highest BCUT2D eigenvalue weighted by Crippen LogP contribution is 2.19. The maximum absolute atomic E-state index is 14.1. The fourth-order valence-corrected chi connectivity index (χ4v) is 2.62. The summed E-state index contributed by atoms with van der Waals surface area (Å²) < 4.78 is 14.1. The molecule has 1 aromatic rings. The lowest BCUT2D eigenvalue weighted by Gasteiger charge is -2.34. The van der Waals surface area contributed by atoms with E-state index < -0.39 is 17.6 Å². The van der Waals surface area contributed by atoms with Crippen molar-refractivity contribution in [2.24, 2.45) is 5.73 Å². The van der Waals surface area contributed by atoms with Crippen LogP contribution >= 0.6 is 0 Å². The number of nitrogens with two attached hydrogens (primary N) is 1. The predicted molar refractivity (Wildman–Crippen MR) is 77.3 cm³/mol. The van der Waals surface area contributed by atoms with Crippen LogP contribution < -0.4 is 11.1 Å². The summed E-state index contributed by atoms with van der Waals surface area (Å²) >= 11 is 0. The summed E-state index contributed by atoms with van der Waals surface area (Å²) in [6, 6.07) is 4.59. The molecule has 1 aliphatic rings. The van der Waals surface area contributed by atoms with Gasteiger partial charge in [0.1, 0.15) is 5.82 Å². The largest absolute Gasteiger partial charge is 0.368 e. The Bertz CT molecular complexity index is 542. The molecular weight excluding hydrogens is 273 g/mol. The van der Waals surface area contributed by atoms with Crippen molar-refractivity contribution in [2.75, 3.05) is 19.6 Å². The third kappa shape index (κ3) is 3.58. The molecule has 2 amide bonds. The van der Waals surface area contributed by atoms with Gasteiger partial charge in [0.2, 0.25) is 5.91 Å². The van der Waals surface area contributed by atoms with Gasteiger partial charge in [-0.25, -0.2) is 4.39 Å². The molecule has 1 aromatic carbocycles. The van der Waals surface area contributed by atoms with Gasteiger partial charge in [-0.2, -0.15) is 0 Å². The number of aryl methyl sites for hydroxylation is 1. The van der Waals surface area contributed by atoms with Crippen LogP contribution in [0.5, 0.6) is 0 Å². The van der Waals surface area contributed by atoms with E-state index in [-0.39, 0.29) is 18.2 Å². The predicted octanol–water partition coefficient (Wildman–Crippen LogP) is 0.814. The Hall–Kier alpha value is -1.95. The van der Waals surface area contributed by atoms with Crippen molar-refractivity contribution in [1.82, 2.24) is 10.2 Å². The normalized spacial score (nSPS) is 15.7. The average molecular weight is 293 g/mol. The Kier molecular flexibility index (Phi) is 4.90. The van der Waals surface area contributed by atoms with Crippen molar-refractivity contribution in [3.8, 4) is 0 Å². The molecule has 0 radical (unpaired) electrons. The number of piperidine rings is 1. The lowest BCUT2D eigenvalue weighted by molar-refractivity contribution is -0.119. The molecule has 0 saturated carbocycles. The molecule has 1 heterocycles. The van der Waals surface area contributed by atoms with Crippen molar-refractivity contribution in [1.29, 1.82) is 0 Å². The van der Waals surface area contributed by atoms with Gasteiger partial charge < -0.3 is 16.0 Å². The van der Waals surface area contributed by atoms with Gasteiger partial charge in [0.15, 0.2) is 0 Å². The molecule has 1 aliphatic heterocycles. The minimum absolute atomic E-state index is 0.00483. The summed E-state index contributed by atoms with van der Waals surface area (Å²) in [7, 11) is 0. The first-order chi connectivity index (χ1) is 10.0. The second kappa shape index (κ2) is 6.67. The monoisotopic (exact) mass is 293 g/mol. The standard InChI is InChI=1S/C15H20FN3O2/c1-10-3-2-4-12(14(10)16)15(21)19(9-13(17)20)11-5-7-18-8-6-11/h2-4,11,18H,5-9H2,1H3,(H2,17,20). The van der Waals surface area contributed by atoms with Gasteiger partial charge in [0.25, 0.3) is 5.91 Å². The molecule has 2 rings (SSSR count). The van der Waals surface area contributed by atoms with E-state index in [9.17, 15) is 14.0 Å². The van der Waals surface area contributed by atoms with E-state index in [1.165, 1.54) is 11.0 Å². The zero-order valence-corrected chi connectivity index (χ0v) is 12.1. The third-order valence-corrected chi connectivity index (χ3v) is 3.76. The summed E-state index contributed by atoms with van der Waals surface area (Å²) in [6.07, 6.45) is 1.46. The smallest absolute Gasteiger partial charge is 0.257 e. The van der Waals surface area contributed by atoms with Crippen LogP contribution in [0.3, 0.4) is 0 Å². The molecule has 3 N–H and O–H groups in total. The Morgan fingerprint density at radius 3 is 2.67 bits per heavy atom. The molecule has 1 fully saturated rings. The summed E-state index contributed by atoms with van der Waals surface area (Å²) in [4.78, 5) is 25.3. The Balaban J connectivity index is 2.28. The van der Waals surface area contributed by atoms with Crippen LogP contribution in [0.15, 0.2) is 18.2 Å². The van der Waals surface area contributed by atoms with Gasteiger partial charge in [0.05, 0.1) is 12.1 Å². The van der Waals surface area contributed by atoms with Crippen LogP contribution in [0.2, 0.25) is 0 Å². The Morgan fingerprint density at radius 1 is 1.38 bits per heavy atom. The van der Waals surface area contributed by atoms with Gasteiger partial charge in [-0.1, -0.05) is 12.1 Å². The van der Waals surface area contributed by atoms with E-state index in [1.54, 1.807) is 19.1 Å². The quantitative estimate of drug-likeness (QED) is 0.863. The molecule has 114 valence electrons. The minimum atomic E-state index is -0.588. The number of benzene rings is 1. The number of nitrogens with zero attached hydrogens (tertiary/aromatic N) is 1. The van der Waals surface area contributed by atoms with Gasteiger partial charge in [0, 0.05) is 6.04 Å². The van der Waals surface area contributed by atoms with E-state index in [2.05, 4.69) is 5.32 Å². The van der Waals surface area contributed by atoms with Gasteiger partial charge in [-0.15, -0.1) is 0 Å². The van der Waals surface area contributed by atoms with Crippen LogP contribution in [-0.4, -0.2) is 42.4 Å². The van der Waals surface area contributed by atoms with Crippen molar-refractivity contribution in [3.63, 3.8) is 0 Å². The Morgan fingerprint density at radius 2 is 2.05 bits per heavy atom. The molecule has 0 atom stereocenters. The van der Waals surface area contributed by atoms with Crippen molar-refractivity contribution in [2.45, 2.75) is 25.8 Å². The fourth-order valence-electron chi connectivity index (χ4n) is 2.62. The third-order valence-electron chi connectivity index (χ3n) is 3.76. The topological polar surface area (TPSA) is 75.4 Å². The van der Waals surface area contributed by atoms with E-state index in [4.69, 9.17) is 5.73 Å². The highest BCUT2D eigenvalue weighted by Gasteiger charge is 2.29. The average Bonchev–Trinajstić information content (AvgIpc) is 2.48. The van der Waals surface area contributed by atoms with Gasteiger partial charge in [-0.05, 0) is 44.5 Å². The highest BCUT2D eigenvalue weighted by atomic mass is 19.1. The molecule has 6 heteroatoms. The molecule has 0 aromatic heterocycles. The van der Waals surface area contributed by atoms with E-state index >= 15 is 0 Å². The molecular formula is C15H20FN3O2. The first-order valence-corrected chi connectivity index (χ1v) is 7.06. The van der Waals surface area contributed by atoms with Crippen LogP contribution in [0.25, 0.3) is 0 Å². The maximum Gasteiger partial charge on any atom is 0.257 e. The van der Waals surface area contributed by atoms with Crippen LogP contribution in [0, 0.1) is 12.7 Å². The van der Waals surface area contributed by atoms with Gasteiger partial charge in [-0.3, -0.25) is 9.59 Å². The van der Waals surface area contributed by atoms with E-state index in [1.807, 2.05) is 0 Å². The molecule has 0 spiro atoms. The highest BCUT2D eigenvalue weighted by molar-refractivity contribution is 5.97. The van der Waals surface area contributed by atoms with Crippen molar-refractivity contribution in [3.05, 3.63) is 35.1 Å². The number of halogens is 1.